The highest BCUT2D eigenvalue weighted by Crippen LogP contribution is 2.36. The van der Waals surface area contributed by atoms with Crippen LogP contribution in [0.3, 0.4) is 0 Å². The highest BCUT2D eigenvalue weighted by Gasteiger charge is 2.41. The Morgan fingerprint density at radius 3 is 2.50 bits per heavy atom. The van der Waals surface area contributed by atoms with Gasteiger partial charge in [0.05, 0.1) is 22.1 Å². The summed E-state index contributed by atoms with van der Waals surface area (Å²) < 4.78 is 5.97. The average Bonchev–Trinajstić information content (AvgIpc) is 3.49. The van der Waals surface area contributed by atoms with Crippen LogP contribution in [0.4, 0.5) is 5.69 Å². The first-order valence-corrected chi connectivity index (χ1v) is 13.5. The van der Waals surface area contributed by atoms with Gasteiger partial charge in [0.1, 0.15) is 11.1 Å². The third-order valence-electron chi connectivity index (χ3n) is 6.36. The molecule has 1 atom stereocenters. The number of pyridine rings is 1. The van der Waals surface area contributed by atoms with Crippen LogP contribution >= 0.6 is 27.7 Å². The van der Waals surface area contributed by atoms with Crippen LogP contribution in [0.2, 0.25) is 0 Å². The molecule has 2 aliphatic rings. The summed E-state index contributed by atoms with van der Waals surface area (Å²) in [5.41, 5.74) is 3.36. The maximum Gasteiger partial charge on any atom is 0.338 e. The molecule has 2 amide bonds. The molecule has 10 heteroatoms. The van der Waals surface area contributed by atoms with Crippen LogP contribution in [0.25, 0.3) is 0 Å². The van der Waals surface area contributed by atoms with Gasteiger partial charge in [-0.15, -0.1) is 0 Å². The number of esters is 1. The number of Topliss-reactive ketones (excluding diaryl/α,β-unsaturated/α-hetero) is 1. The fourth-order valence-electron chi connectivity index (χ4n) is 4.41. The quantitative estimate of drug-likeness (QED) is 0.222. The van der Waals surface area contributed by atoms with Crippen molar-refractivity contribution in [3.63, 3.8) is 0 Å². The number of hydrogen-bond donors (Lipinski definition) is 0. The lowest BCUT2D eigenvalue weighted by Crippen LogP contribution is -2.31. The van der Waals surface area contributed by atoms with E-state index >= 15 is 0 Å². The molecular formula is C28H20BrN3O5S. The van der Waals surface area contributed by atoms with Gasteiger partial charge in [0.25, 0.3) is 0 Å². The molecule has 1 unspecified atom stereocenters. The van der Waals surface area contributed by atoms with Crippen molar-refractivity contribution >= 4 is 56.9 Å². The molecule has 8 nitrogen and oxygen atoms in total. The van der Waals surface area contributed by atoms with E-state index in [-0.39, 0.29) is 23.7 Å². The molecule has 2 heterocycles. The molecule has 0 spiro atoms. The van der Waals surface area contributed by atoms with Gasteiger partial charge in [-0.3, -0.25) is 14.4 Å². The lowest BCUT2D eigenvalue weighted by atomic mass is 10.1. The third kappa shape index (κ3) is 5.26. The summed E-state index contributed by atoms with van der Waals surface area (Å²) in [4.78, 5) is 56.3. The standard InChI is InChI=1S/C28H20BrN3O5S/c29-20-8-4-16(5-9-20)23(33)15-37-28(36)17-6-10-21(11-7-17)32-25(34)13-24(27(32)35)38-26-19(14-30)12-18-2-1-3-22(18)31-26/h4-12,24H,1-3,13,15H2. The third-order valence-corrected chi connectivity index (χ3v) is 8.07. The van der Waals surface area contributed by atoms with Gasteiger partial charge >= 0.3 is 5.97 Å². The molecule has 5 rings (SSSR count). The van der Waals surface area contributed by atoms with E-state index < -0.39 is 23.7 Å². The number of aryl methyl sites for hydroxylation is 2. The fraction of sp³-hybridized carbons (Fsp3) is 0.214. The van der Waals surface area contributed by atoms with E-state index in [2.05, 4.69) is 27.0 Å². The first-order chi connectivity index (χ1) is 18.3. The van der Waals surface area contributed by atoms with Crippen LogP contribution in [0, 0.1) is 11.3 Å². The highest BCUT2D eigenvalue weighted by molar-refractivity contribution is 9.10. The molecule has 1 fully saturated rings. The summed E-state index contributed by atoms with van der Waals surface area (Å²) in [7, 11) is 0. The van der Waals surface area contributed by atoms with Crippen molar-refractivity contribution in [2.45, 2.75) is 36.0 Å². The predicted octanol–water partition coefficient (Wildman–Crippen LogP) is 4.67. The molecule has 1 saturated heterocycles. The summed E-state index contributed by atoms with van der Waals surface area (Å²) in [6, 6.07) is 16.6. The normalized spacial score (nSPS) is 16.3. The topological polar surface area (TPSA) is 117 Å². The van der Waals surface area contributed by atoms with Gasteiger partial charge in [-0.25, -0.2) is 14.7 Å². The Morgan fingerprint density at radius 2 is 1.79 bits per heavy atom. The van der Waals surface area contributed by atoms with Gasteiger partial charge in [-0.2, -0.15) is 5.26 Å². The van der Waals surface area contributed by atoms with E-state index in [4.69, 9.17) is 4.74 Å². The molecular weight excluding hydrogens is 570 g/mol. The lowest BCUT2D eigenvalue weighted by Gasteiger charge is -2.15. The Bertz CT molecular complexity index is 1500. The lowest BCUT2D eigenvalue weighted by molar-refractivity contribution is -0.121. The van der Waals surface area contributed by atoms with Crippen molar-refractivity contribution < 1.29 is 23.9 Å². The van der Waals surface area contributed by atoms with E-state index in [9.17, 15) is 24.4 Å². The number of ether oxygens (including phenoxy) is 1. The van der Waals surface area contributed by atoms with Crippen LogP contribution in [0.5, 0.6) is 0 Å². The molecule has 2 aromatic carbocycles. The fourth-order valence-corrected chi connectivity index (χ4v) is 5.77. The molecule has 0 radical (unpaired) electrons. The van der Waals surface area contributed by atoms with E-state index in [0.29, 0.717) is 21.8 Å². The molecule has 190 valence electrons. The van der Waals surface area contributed by atoms with Crippen LogP contribution in [0.1, 0.15) is 50.4 Å². The van der Waals surface area contributed by atoms with Crippen LogP contribution in [0.15, 0.2) is 64.1 Å². The molecule has 38 heavy (non-hydrogen) atoms. The second-order valence-corrected chi connectivity index (χ2v) is 11.0. The van der Waals surface area contributed by atoms with Crippen molar-refractivity contribution in [3.05, 3.63) is 87.0 Å². The number of anilines is 1. The number of imide groups is 1. The molecule has 1 aliphatic carbocycles. The molecule has 0 N–H and O–H groups in total. The summed E-state index contributed by atoms with van der Waals surface area (Å²) in [5.74, 6) is -1.80. The Morgan fingerprint density at radius 1 is 1.08 bits per heavy atom. The Labute approximate surface area is 231 Å². The minimum absolute atomic E-state index is 0.0188. The van der Waals surface area contributed by atoms with Gasteiger partial charge in [0, 0.05) is 22.2 Å². The highest BCUT2D eigenvalue weighted by atomic mass is 79.9. The number of halogens is 1. The number of nitrogens with zero attached hydrogens (tertiary/aromatic N) is 3. The van der Waals surface area contributed by atoms with Gasteiger partial charge in [0.15, 0.2) is 12.4 Å². The number of ketones is 1. The van der Waals surface area contributed by atoms with Crippen LogP contribution in [-0.2, 0) is 27.2 Å². The molecule has 0 bridgehead atoms. The number of amides is 2. The molecule has 1 aliphatic heterocycles. The predicted molar refractivity (Wildman–Crippen MR) is 143 cm³/mol. The summed E-state index contributed by atoms with van der Waals surface area (Å²) in [6.07, 6.45) is 2.70. The average molecular weight is 590 g/mol. The number of hydrogen-bond acceptors (Lipinski definition) is 8. The van der Waals surface area contributed by atoms with Crippen molar-refractivity contribution in [3.8, 4) is 6.07 Å². The minimum Gasteiger partial charge on any atom is -0.454 e. The second-order valence-electron chi connectivity index (χ2n) is 8.84. The summed E-state index contributed by atoms with van der Waals surface area (Å²) in [6.45, 7) is -0.411. The summed E-state index contributed by atoms with van der Waals surface area (Å²) in [5, 5.41) is 9.33. The van der Waals surface area contributed by atoms with Crippen molar-refractivity contribution in [2.75, 3.05) is 11.5 Å². The molecule has 1 aromatic heterocycles. The molecule has 3 aromatic rings. The van der Waals surface area contributed by atoms with E-state index in [0.717, 1.165) is 51.7 Å². The van der Waals surface area contributed by atoms with E-state index in [1.165, 1.54) is 24.3 Å². The van der Waals surface area contributed by atoms with Crippen molar-refractivity contribution in [2.24, 2.45) is 0 Å². The van der Waals surface area contributed by atoms with E-state index in [1.807, 2.05) is 6.07 Å². The number of aromatic nitrogens is 1. The van der Waals surface area contributed by atoms with E-state index in [1.54, 1.807) is 24.3 Å². The van der Waals surface area contributed by atoms with Crippen LogP contribution in [-0.4, -0.2) is 40.4 Å². The number of benzene rings is 2. The zero-order chi connectivity index (χ0) is 26.8. The Kier molecular flexibility index (Phi) is 7.40. The smallest absolute Gasteiger partial charge is 0.338 e. The maximum atomic E-state index is 13.1. The number of carbonyl (C=O) groups is 4. The monoisotopic (exact) mass is 589 g/mol. The first-order valence-electron chi connectivity index (χ1n) is 11.9. The van der Waals surface area contributed by atoms with Crippen molar-refractivity contribution in [1.82, 2.24) is 4.98 Å². The number of rotatable bonds is 7. The number of nitriles is 1. The zero-order valence-corrected chi connectivity index (χ0v) is 22.4. The first kappa shape index (κ1) is 25.8. The van der Waals surface area contributed by atoms with Crippen LogP contribution < -0.4 is 4.90 Å². The SMILES string of the molecule is N#Cc1cc2c(nc1SC1CC(=O)N(c3ccc(C(=O)OCC(=O)c4ccc(Br)cc4)cc3)C1=O)CCC2. The second kappa shape index (κ2) is 10.9. The molecule has 0 saturated carbocycles. The Balaban J connectivity index is 1.23. The number of thioether (sulfide) groups is 1. The van der Waals surface area contributed by atoms with Gasteiger partial charge in [-0.05, 0) is 67.3 Å². The maximum absolute atomic E-state index is 13.1. The van der Waals surface area contributed by atoms with Gasteiger partial charge in [-0.1, -0.05) is 39.8 Å². The van der Waals surface area contributed by atoms with Gasteiger partial charge < -0.3 is 4.74 Å². The largest absolute Gasteiger partial charge is 0.454 e. The summed E-state index contributed by atoms with van der Waals surface area (Å²) >= 11 is 4.44. The van der Waals surface area contributed by atoms with Crippen molar-refractivity contribution in [1.29, 1.82) is 5.26 Å². The Hall–Kier alpha value is -3.81. The zero-order valence-electron chi connectivity index (χ0n) is 20.0. The number of fused-ring (bicyclic) bond motifs is 1. The minimum atomic E-state index is -0.698. The van der Waals surface area contributed by atoms with Gasteiger partial charge in [0.2, 0.25) is 11.8 Å². The number of carbonyl (C=O) groups excluding carboxylic acids is 4.